The molecule has 0 radical (unpaired) electrons. The average molecular weight is 217 g/mol. The van der Waals surface area contributed by atoms with Crippen molar-refractivity contribution in [2.75, 3.05) is 25.0 Å². The number of aromatic nitrogens is 1. The predicted molar refractivity (Wildman–Crippen MR) is 67.7 cm³/mol. The summed E-state index contributed by atoms with van der Waals surface area (Å²) in [6.07, 6.45) is 5.57. The molecule has 0 aliphatic carbocycles. The quantitative estimate of drug-likeness (QED) is 0.783. The lowest BCUT2D eigenvalue weighted by Gasteiger charge is -2.25. The molecule has 86 valence electrons. The molecule has 2 heterocycles. The molecule has 0 spiro atoms. The van der Waals surface area contributed by atoms with Crippen molar-refractivity contribution in [1.82, 2.24) is 10.3 Å². The van der Waals surface area contributed by atoms with Gasteiger partial charge in [-0.1, -0.05) is 18.2 Å². The Morgan fingerprint density at radius 2 is 2.25 bits per heavy atom. The smallest absolute Gasteiger partial charge is 0.129 e. The maximum absolute atomic E-state index is 4.67. The molecule has 0 saturated heterocycles. The van der Waals surface area contributed by atoms with Gasteiger partial charge in [-0.15, -0.1) is 0 Å². The number of anilines is 1. The van der Waals surface area contributed by atoms with Gasteiger partial charge in [0.05, 0.1) is 0 Å². The summed E-state index contributed by atoms with van der Waals surface area (Å²) < 4.78 is 0. The molecule has 3 heteroatoms. The first-order chi connectivity index (χ1) is 7.81. The second-order valence-electron chi connectivity index (χ2n) is 4.15. The Kier molecular flexibility index (Phi) is 3.57. The van der Waals surface area contributed by atoms with Crippen molar-refractivity contribution in [1.29, 1.82) is 0 Å². The van der Waals surface area contributed by atoms with E-state index < -0.39 is 0 Å². The number of aryl methyl sites for hydroxylation is 1. The van der Waals surface area contributed by atoms with Crippen molar-refractivity contribution < 1.29 is 0 Å². The molecule has 0 unspecified atom stereocenters. The number of pyridine rings is 1. The first kappa shape index (κ1) is 11.1. The molecule has 1 aromatic rings. The van der Waals surface area contributed by atoms with Crippen molar-refractivity contribution >= 4 is 5.82 Å². The highest BCUT2D eigenvalue weighted by Crippen LogP contribution is 2.16. The fraction of sp³-hybridized carbons (Fsp3) is 0.462. The maximum Gasteiger partial charge on any atom is 0.129 e. The highest BCUT2D eigenvalue weighted by Gasteiger charge is 2.09. The zero-order valence-corrected chi connectivity index (χ0v) is 10.0. The highest BCUT2D eigenvalue weighted by atomic mass is 15.2. The summed E-state index contributed by atoms with van der Waals surface area (Å²) in [5.74, 6) is 1.10. The van der Waals surface area contributed by atoms with E-state index in [-0.39, 0.29) is 0 Å². The van der Waals surface area contributed by atoms with E-state index in [0.717, 1.165) is 37.6 Å². The van der Waals surface area contributed by atoms with E-state index in [1.165, 1.54) is 5.56 Å². The molecule has 3 nitrogen and oxygen atoms in total. The van der Waals surface area contributed by atoms with Gasteiger partial charge in [0.2, 0.25) is 0 Å². The summed E-state index contributed by atoms with van der Waals surface area (Å²) in [5.41, 5.74) is 2.40. The number of nitrogens with one attached hydrogen (secondary N) is 1. The standard InChI is InChI=1S/C13H19N3/c1-11-12(10-14-2)6-7-13(15-11)16-8-4-3-5-9-16/h3-4,6-7,14H,5,8-10H2,1-2H3. The van der Waals surface area contributed by atoms with Crippen molar-refractivity contribution in [3.8, 4) is 0 Å². The SMILES string of the molecule is CNCc1ccc(N2CC=CCC2)nc1C. The molecule has 0 atom stereocenters. The average Bonchev–Trinajstić information content (AvgIpc) is 2.33. The van der Waals surface area contributed by atoms with Crippen molar-refractivity contribution in [2.45, 2.75) is 19.9 Å². The molecular formula is C13H19N3. The minimum atomic E-state index is 0.888. The minimum Gasteiger partial charge on any atom is -0.353 e. The van der Waals surface area contributed by atoms with Gasteiger partial charge in [-0.2, -0.15) is 0 Å². The summed E-state index contributed by atoms with van der Waals surface area (Å²) in [6.45, 7) is 5.03. The topological polar surface area (TPSA) is 28.2 Å². The van der Waals surface area contributed by atoms with E-state index >= 15 is 0 Å². The summed E-state index contributed by atoms with van der Waals surface area (Å²) in [4.78, 5) is 6.98. The van der Waals surface area contributed by atoms with Crippen LogP contribution in [0.5, 0.6) is 0 Å². The predicted octanol–water partition coefficient (Wildman–Crippen LogP) is 1.88. The number of hydrogen-bond donors (Lipinski definition) is 1. The van der Waals surface area contributed by atoms with Crippen molar-refractivity contribution in [2.24, 2.45) is 0 Å². The monoisotopic (exact) mass is 217 g/mol. The molecule has 0 saturated carbocycles. The van der Waals surface area contributed by atoms with Crippen LogP contribution in [-0.2, 0) is 6.54 Å². The second-order valence-corrected chi connectivity index (χ2v) is 4.15. The lowest BCUT2D eigenvalue weighted by atomic mass is 10.2. The first-order valence-electron chi connectivity index (χ1n) is 5.82. The van der Waals surface area contributed by atoms with Crippen LogP contribution in [0.15, 0.2) is 24.3 Å². The molecule has 1 aliphatic rings. The normalized spacial score (nSPS) is 15.5. The van der Waals surface area contributed by atoms with Gasteiger partial charge in [-0.05, 0) is 32.0 Å². The van der Waals surface area contributed by atoms with Gasteiger partial charge in [0, 0.05) is 25.3 Å². The molecule has 1 aromatic heterocycles. The van der Waals surface area contributed by atoms with Crippen LogP contribution < -0.4 is 10.2 Å². The second kappa shape index (κ2) is 5.12. The van der Waals surface area contributed by atoms with Crippen LogP contribution >= 0.6 is 0 Å². The van der Waals surface area contributed by atoms with Crippen LogP contribution in [0.4, 0.5) is 5.82 Å². The minimum absolute atomic E-state index is 0.888. The van der Waals surface area contributed by atoms with E-state index in [2.05, 4.69) is 46.4 Å². The third-order valence-corrected chi connectivity index (χ3v) is 2.93. The largest absolute Gasteiger partial charge is 0.353 e. The Bertz CT molecular complexity index is 385. The van der Waals surface area contributed by atoms with Crippen LogP contribution in [0.1, 0.15) is 17.7 Å². The summed E-state index contributed by atoms with van der Waals surface area (Å²) in [7, 11) is 1.96. The number of rotatable bonds is 3. The van der Waals surface area contributed by atoms with Crippen LogP contribution in [-0.4, -0.2) is 25.1 Å². The molecule has 0 bridgehead atoms. The molecule has 16 heavy (non-hydrogen) atoms. The van der Waals surface area contributed by atoms with Gasteiger partial charge >= 0.3 is 0 Å². The fourth-order valence-electron chi connectivity index (χ4n) is 1.98. The van der Waals surface area contributed by atoms with Gasteiger partial charge in [-0.25, -0.2) is 4.98 Å². The van der Waals surface area contributed by atoms with Gasteiger partial charge in [0.15, 0.2) is 0 Å². The van der Waals surface area contributed by atoms with Gasteiger partial charge in [0.25, 0.3) is 0 Å². The van der Waals surface area contributed by atoms with Crippen molar-refractivity contribution in [3.05, 3.63) is 35.5 Å². The lowest BCUT2D eigenvalue weighted by Crippen LogP contribution is -2.27. The zero-order chi connectivity index (χ0) is 11.4. The first-order valence-corrected chi connectivity index (χ1v) is 5.82. The molecule has 0 aromatic carbocycles. The van der Waals surface area contributed by atoms with E-state index in [1.54, 1.807) is 0 Å². The molecule has 0 amide bonds. The Morgan fingerprint density at radius 3 is 2.88 bits per heavy atom. The van der Waals surface area contributed by atoms with Crippen molar-refractivity contribution in [3.63, 3.8) is 0 Å². The van der Waals surface area contributed by atoms with Gasteiger partial charge in [-0.3, -0.25) is 0 Å². The Morgan fingerprint density at radius 1 is 1.38 bits per heavy atom. The zero-order valence-electron chi connectivity index (χ0n) is 10.0. The third kappa shape index (κ3) is 2.42. The Labute approximate surface area is 97.2 Å². The molecular weight excluding hydrogens is 198 g/mol. The highest BCUT2D eigenvalue weighted by molar-refractivity contribution is 5.43. The van der Waals surface area contributed by atoms with Crippen LogP contribution in [0.2, 0.25) is 0 Å². The molecule has 1 N–H and O–H groups in total. The third-order valence-electron chi connectivity index (χ3n) is 2.93. The summed E-state index contributed by atoms with van der Waals surface area (Å²) in [6, 6.07) is 4.30. The molecule has 0 fully saturated rings. The Balaban J connectivity index is 2.16. The lowest BCUT2D eigenvalue weighted by molar-refractivity contribution is 0.784. The van der Waals surface area contributed by atoms with Crippen LogP contribution in [0.25, 0.3) is 0 Å². The Hall–Kier alpha value is -1.35. The van der Waals surface area contributed by atoms with E-state index in [0.29, 0.717) is 0 Å². The van der Waals surface area contributed by atoms with E-state index in [4.69, 9.17) is 0 Å². The van der Waals surface area contributed by atoms with E-state index in [1.807, 2.05) is 7.05 Å². The number of hydrogen-bond acceptors (Lipinski definition) is 3. The molecule has 1 aliphatic heterocycles. The van der Waals surface area contributed by atoms with Crippen LogP contribution in [0.3, 0.4) is 0 Å². The maximum atomic E-state index is 4.67. The molecule has 2 rings (SSSR count). The summed E-state index contributed by atoms with van der Waals surface area (Å²) in [5, 5.41) is 3.16. The van der Waals surface area contributed by atoms with E-state index in [9.17, 15) is 0 Å². The van der Waals surface area contributed by atoms with Gasteiger partial charge < -0.3 is 10.2 Å². The van der Waals surface area contributed by atoms with Gasteiger partial charge in [0.1, 0.15) is 5.82 Å². The fourth-order valence-corrected chi connectivity index (χ4v) is 1.98. The number of nitrogens with zero attached hydrogens (tertiary/aromatic N) is 2. The van der Waals surface area contributed by atoms with Crippen LogP contribution in [0, 0.1) is 6.92 Å². The summed E-state index contributed by atoms with van der Waals surface area (Å²) >= 11 is 0.